The Morgan fingerprint density at radius 1 is 1.43 bits per heavy atom. The number of nitrogens with zero attached hydrogens (tertiary/aromatic N) is 4. The van der Waals surface area contributed by atoms with Crippen molar-refractivity contribution in [2.24, 2.45) is 0 Å². The summed E-state index contributed by atoms with van der Waals surface area (Å²) in [7, 11) is 1.23. The lowest BCUT2D eigenvalue weighted by Crippen LogP contribution is -2.46. The number of likely N-dealkylation sites (N-methyl/N-ethyl adjacent to an activating group) is 1. The van der Waals surface area contributed by atoms with E-state index in [1.54, 1.807) is 0 Å². The summed E-state index contributed by atoms with van der Waals surface area (Å²) in [6.45, 7) is 6.09. The van der Waals surface area contributed by atoms with E-state index >= 15 is 0 Å². The van der Waals surface area contributed by atoms with Crippen LogP contribution in [0.25, 0.3) is 0 Å². The molecular weight excluding hydrogens is 276 g/mol. The minimum absolute atomic E-state index is 0.0835. The summed E-state index contributed by atoms with van der Waals surface area (Å²) >= 11 is 0. The number of pyridine rings is 1. The first-order valence-electron chi connectivity index (χ1n) is 6.76. The average Bonchev–Trinajstić information content (AvgIpc) is 2.53. The van der Waals surface area contributed by atoms with Crippen molar-refractivity contribution in [3.63, 3.8) is 0 Å². The van der Waals surface area contributed by atoms with Crippen LogP contribution in [0.15, 0.2) is 12.3 Å². The van der Waals surface area contributed by atoms with Crippen LogP contribution < -0.4 is 4.90 Å². The molecule has 2 heterocycles. The van der Waals surface area contributed by atoms with E-state index in [0.29, 0.717) is 18.9 Å². The van der Waals surface area contributed by atoms with Gasteiger partial charge in [0.05, 0.1) is 17.6 Å². The lowest BCUT2D eigenvalue weighted by molar-refractivity contribution is -0.384. The van der Waals surface area contributed by atoms with E-state index < -0.39 is 10.9 Å². The molecule has 21 heavy (non-hydrogen) atoms. The van der Waals surface area contributed by atoms with Crippen LogP contribution in [0.3, 0.4) is 0 Å². The van der Waals surface area contributed by atoms with Crippen molar-refractivity contribution >= 4 is 17.5 Å². The van der Waals surface area contributed by atoms with Gasteiger partial charge in [0, 0.05) is 38.4 Å². The Morgan fingerprint density at radius 3 is 2.62 bits per heavy atom. The molecule has 8 nitrogen and oxygen atoms in total. The summed E-state index contributed by atoms with van der Waals surface area (Å²) in [6, 6.07) is 1.22. The van der Waals surface area contributed by atoms with Crippen molar-refractivity contribution in [3.05, 3.63) is 27.9 Å². The second-order valence-electron chi connectivity index (χ2n) is 4.74. The zero-order valence-electron chi connectivity index (χ0n) is 12.1. The van der Waals surface area contributed by atoms with E-state index in [4.69, 9.17) is 0 Å². The van der Waals surface area contributed by atoms with Gasteiger partial charge in [-0.2, -0.15) is 0 Å². The van der Waals surface area contributed by atoms with E-state index in [2.05, 4.69) is 21.5 Å². The molecule has 114 valence electrons. The summed E-state index contributed by atoms with van der Waals surface area (Å²) in [5.41, 5.74) is -0.0806. The number of ether oxygens (including phenoxy) is 1. The molecule has 2 rings (SSSR count). The number of methoxy groups -OCH3 is 1. The van der Waals surface area contributed by atoms with Crippen LogP contribution in [-0.2, 0) is 4.74 Å². The highest BCUT2D eigenvalue weighted by atomic mass is 16.6. The van der Waals surface area contributed by atoms with E-state index in [1.807, 2.05) is 4.90 Å². The number of anilines is 1. The number of hydrogen-bond donors (Lipinski definition) is 0. The topological polar surface area (TPSA) is 88.8 Å². The molecule has 0 aromatic carbocycles. The summed E-state index contributed by atoms with van der Waals surface area (Å²) in [5.74, 6) is -0.323. The average molecular weight is 294 g/mol. The highest BCUT2D eigenvalue weighted by Crippen LogP contribution is 2.27. The van der Waals surface area contributed by atoms with Crippen molar-refractivity contribution in [3.8, 4) is 0 Å². The number of aromatic nitrogens is 1. The minimum atomic E-state index is -0.632. The third-order valence-corrected chi connectivity index (χ3v) is 3.58. The second kappa shape index (κ2) is 6.49. The van der Waals surface area contributed by atoms with E-state index in [1.165, 1.54) is 19.4 Å². The number of piperazine rings is 1. The van der Waals surface area contributed by atoms with Gasteiger partial charge in [-0.1, -0.05) is 6.92 Å². The molecule has 8 heteroatoms. The molecule has 0 aliphatic carbocycles. The van der Waals surface area contributed by atoms with Crippen LogP contribution in [0.4, 0.5) is 11.5 Å². The Bertz CT molecular complexity index is 541. The number of rotatable bonds is 4. The van der Waals surface area contributed by atoms with Gasteiger partial charge in [-0.05, 0) is 6.54 Å². The van der Waals surface area contributed by atoms with Gasteiger partial charge in [0.15, 0.2) is 0 Å². The summed E-state index contributed by atoms with van der Waals surface area (Å²) in [6.07, 6.45) is 1.32. The maximum absolute atomic E-state index is 11.5. The van der Waals surface area contributed by atoms with E-state index in [9.17, 15) is 14.9 Å². The van der Waals surface area contributed by atoms with Gasteiger partial charge in [0.2, 0.25) is 5.82 Å². The maximum Gasteiger partial charge on any atom is 0.339 e. The van der Waals surface area contributed by atoms with Crippen LogP contribution in [0.2, 0.25) is 0 Å². The molecule has 0 radical (unpaired) electrons. The fourth-order valence-electron chi connectivity index (χ4n) is 2.33. The normalized spacial score (nSPS) is 15.8. The molecule has 1 aliphatic heterocycles. The first-order chi connectivity index (χ1) is 10.1. The standard InChI is InChI=1S/C13H18N4O4/c1-3-15-4-6-16(7-5-15)12-11(17(19)20)8-10(9-14-12)13(18)21-2/h8-9H,3-7H2,1-2H3. The largest absolute Gasteiger partial charge is 0.465 e. The van der Waals surface area contributed by atoms with Gasteiger partial charge < -0.3 is 14.5 Å². The molecule has 1 saturated heterocycles. The lowest BCUT2D eigenvalue weighted by Gasteiger charge is -2.34. The molecule has 1 aromatic heterocycles. The summed E-state index contributed by atoms with van der Waals surface area (Å²) < 4.78 is 4.56. The highest BCUT2D eigenvalue weighted by molar-refractivity contribution is 5.90. The van der Waals surface area contributed by atoms with Gasteiger partial charge in [-0.15, -0.1) is 0 Å². The van der Waals surface area contributed by atoms with Crippen LogP contribution >= 0.6 is 0 Å². The quantitative estimate of drug-likeness (QED) is 0.463. The maximum atomic E-state index is 11.5. The Hall–Kier alpha value is -2.22. The molecule has 0 atom stereocenters. The lowest BCUT2D eigenvalue weighted by atomic mass is 10.2. The zero-order chi connectivity index (χ0) is 15.4. The predicted octanol–water partition coefficient (Wildman–Crippen LogP) is 0.918. The first kappa shape index (κ1) is 15.2. The Kier molecular flexibility index (Phi) is 4.69. The molecule has 0 N–H and O–H groups in total. The number of hydrogen-bond acceptors (Lipinski definition) is 7. The molecule has 0 unspecified atom stereocenters. The van der Waals surface area contributed by atoms with Crippen molar-refractivity contribution in [1.82, 2.24) is 9.88 Å². The molecule has 1 fully saturated rings. The molecule has 1 aromatic rings. The van der Waals surface area contributed by atoms with Gasteiger partial charge >= 0.3 is 11.7 Å². The molecular formula is C13H18N4O4. The molecule has 0 amide bonds. The van der Waals surface area contributed by atoms with Gasteiger partial charge in [0.25, 0.3) is 0 Å². The van der Waals surface area contributed by atoms with Crippen molar-refractivity contribution in [2.45, 2.75) is 6.92 Å². The summed E-state index contributed by atoms with van der Waals surface area (Å²) in [5, 5.41) is 11.2. The molecule has 0 spiro atoms. The van der Waals surface area contributed by atoms with Crippen LogP contribution in [0.5, 0.6) is 0 Å². The second-order valence-corrected chi connectivity index (χ2v) is 4.74. The van der Waals surface area contributed by atoms with Crippen molar-refractivity contribution in [1.29, 1.82) is 0 Å². The first-order valence-corrected chi connectivity index (χ1v) is 6.76. The molecule has 0 bridgehead atoms. The van der Waals surface area contributed by atoms with Crippen LogP contribution in [-0.4, -0.2) is 60.6 Å². The number of esters is 1. The van der Waals surface area contributed by atoms with Gasteiger partial charge in [-0.3, -0.25) is 10.1 Å². The van der Waals surface area contributed by atoms with Crippen molar-refractivity contribution in [2.75, 3.05) is 44.7 Å². The third-order valence-electron chi connectivity index (χ3n) is 3.58. The van der Waals surface area contributed by atoms with Crippen LogP contribution in [0.1, 0.15) is 17.3 Å². The third kappa shape index (κ3) is 3.27. The monoisotopic (exact) mass is 294 g/mol. The minimum Gasteiger partial charge on any atom is -0.465 e. The van der Waals surface area contributed by atoms with E-state index in [0.717, 1.165) is 19.6 Å². The smallest absolute Gasteiger partial charge is 0.339 e. The highest BCUT2D eigenvalue weighted by Gasteiger charge is 2.26. The fraction of sp³-hybridized carbons (Fsp3) is 0.538. The SMILES string of the molecule is CCN1CCN(c2ncc(C(=O)OC)cc2[N+](=O)[O-])CC1. The Morgan fingerprint density at radius 2 is 2.10 bits per heavy atom. The Labute approximate surface area is 122 Å². The molecule has 1 aliphatic rings. The predicted molar refractivity (Wildman–Crippen MR) is 76.6 cm³/mol. The Balaban J connectivity index is 2.27. The zero-order valence-corrected chi connectivity index (χ0v) is 12.1. The van der Waals surface area contributed by atoms with E-state index in [-0.39, 0.29) is 11.3 Å². The van der Waals surface area contributed by atoms with Gasteiger partial charge in [0.1, 0.15) is 0 Å². The van der Waals surface area contributed by atoms with Gasteiger partial charge in [-0.25, -0.2) is 9.78 Å². The number of carbonyl (C=O) groups excluding carboxylic acids is 1. The summed E-state index contributed by atoms with van der Waals surface area (Å²) in [4.78, 5) is 30.4. The van der Waals surface area contributed by atoms with Crippen molar-refractivity contribution < 1.29 is 14.5 Å². The fourth-order valence-corrected chi connectivity index (χ4v) is 2.33. The molecule has 0 saturated carbocycles. The number of carbonyl (C=O) groups is 1. The van der Waals surface area contributed by atoms with Crippen LogP contribution in [0, 0.1) is 10.1 Å². The number of nitro groups is 1.